The first-order chi connectivity index (χ1) is 9.58. The predicted octanol–water partition coefficient (Wildman–Crippen LogP) is 3.05. The summed E-state index contributed by atoms with van der Waals surface area (Å²) >= 11 is 0. The molecular formula is C14H11NO5. The average molecular weight is 273 g/mol. The van der Waals surface area contributed by atoms with Gasteiger partial charge >= 0.3 is 5.97 Å². The molecule has 0 aliphatic heterocycles. The molecule has 20 heavy (non-hydrogen) atoms. The Morgan fingerprint density at radius 1 is 1.10 bits per heavy atom. The Bertz CT molecular complexity index is 636. The summed E-state index contributed by atoms with van der Waals surface area (Å²) in [5.41, 5.74) is 1.10. The standard InChI is InChI=1S/C14H11NO5/c1-10-4-2-3-5-13(10)14(16)20-19-12-8-6-11(7-9-12)15(17)18/h2-9H,1H3. The second-order valence-electron chi connectivity index (χ2n) is 4.02. The highest BCUT2D eigenvalue weighted by Gasteiger charge is 2.12. The van der Waals surface area contributed by atoms with Crippen molar-refractivity contribution in [3.05, 3.63) is 69.8 Å². The van der Waals surface area contributed by atoms with Crippen molar-refractivity contribution in [3.8, 4) is 5.75 Å². The molecule has 0 atom stereocenters. The van der Waals surface area contributed by atoms with Gasteiger partial charge in [0.2, 0.25) is 0 Å². The lowest BCUT2D eigenvalue weighted by Gasteiger charge is -2.05. The Hall–Kier alpha value is -2.89. The lowest BCUT2D eigenvalue weighted by molar-refractivity contribution is -0.384. The summed E-state index contributed by atoms with van der Waals surface area (Å²) in [4.78, 5) is 31.2. The van der Waals surface area contributed by atoms with Crippen molar-refractivity contribution < 1.29 is 19.5 Å². The Kier molecular flexibility index (Phi) is 3.95. The number of benzene rings is 2. The van der Waals surface area contributed by atoms with Crippen molar-refractivity contribution in [2.75, 3.05) is 0 Å². The third-order valence-corrected chi connectivity index (χ3v) is 2.63. The lowest BCUT2D eigenvalue weighted by Crippen LogP contribution is -2.09. The van der Waals surface area contributed by atoms with Crippen molar-refractivity contribution in [1.29, 1.82) is 0 Å². The number of hydrogen-bond acceptors (Lipinski definition) is 5. The highest BCUT2D eigenvalue weighted by molar-refractivity contribution is 5.90. The predicted molar refractivity (Wildman–Crippen MR) is 70.3 cm³/mol. The van der Waals surface area contributed by atoms with Gasteiger partial charge in [-0.25, -0.2) is 9.68 Å². The van der Waals surface area contributed by atoms with E-state index in [1.165, 1.54) is 24.3 Å². The van der Waals surface area contributed by atoms with Crippen LogP contribution in [0, 0.1) is 17.0 Å². The largest absolute Gasteiger partial charge is 0.386 e. The van der Waals surface area contributed by atoms with E-state index >= 15 is 0 Å². The van der Waals surface area contributed by atoms with Crippen LogP contribution in [0.5, 0.6) is 5.75 Å². The van der Waals surface area contributed by atoms with E-state index in [1.807, 2.05) is 6.07 Å². The van der Waals surface area contributed by atoms with E-state index in [4.69, 9.17) is 4.89 Å². The zero-order valence-corrected chi connectivity index (χ0v) is 10.6. The van der Waals surface area contributed by atoms with Crippen molar-refractivity contribution in [3.63, 3.8) is 0 Å². The van der Waals surface area contributed by atoms with Gasteiger partial charge in [0.1, 0.15) is 0 Å². The molecule has 0 saturated heterocycles. The number of hydrogen-bond donors (Lipinski definition) is 0. The number of carbonyl (C=O) groups excluding carboxylic acids is 1. The van der Waals surface area contributed by atoms with Crippen molar-refractivity contribution in [2.45, 2.75) is 6.92 Å². The number of nitrogens with zero attached hydrogens (tertiary/aromatic N) is 1. The maximum atomic E-state index is 11.8. The minimum atomic E-state index is -0.624. The maximum Gasteiger partial charge on any atom is 0.386 e. The highest BCUT2D eigenvalue weighted by Crippen LogP contribution is 2.18. The molecule has 102 valence electrons. The summed E-state index contributed by atoms with van der Waals surface area (Å²) < 4.78 is 0. The van der Waals surface area contributed by atoms with Gasteiger partial charge in [-0.1, -0.05) is 18.2 Å². The first kappa shape index (κ1) is 13.5. The number of non-ortho nitro benzene ring substituents is 1. The van der Waals surface area contributed by atoms with Crippen LogP contribution in [0.25, 0.3) is 0 Å². The van der Waals surface area contributed by atoms with E-state index in [0.717, 1.165) is 5.56 Å². The van der Waals surface area contributed by atoms with Crippen molar-refractivity contribution in [1.82, 2.24) is 0 Å². The quantitative estimate of drug-likeness (QED) is 0.486. The van der Waals surface area contributed by atoms with Gasteiger partial charge < -0.3 is 0 Å². The molecule has 2 rings (SSSR count). The third-order valence-electron chi connectivity index (χ3n) is 2.63. The Labute approximate surface area is 114 Å². The first-order valence-electron chi connectivity index (χ1n) is 5.77. The van der Waals surface area contributed by atoms with Crippen LogP contribution in [-0.4, -0.2) is 10.9 Å². The van der Waals surface area contributed by atoms with E-state index in [2.05, 4.69) is 4.89 Å². The van der Waals surface area contributed by atoms with E-state index in [1.54, 1.807) is 25.1 Å². The SMILES string of the molecule is Cc1ccccc1C(=O)OOc1ccc([N+](=O)[O-])cc1. The van der Waals surface area contributed by atoms with Crippen LogP contribution in [0.2, 0.25) is 0 Å². The Morgan fingerprint density at radius 3 is 2.35 bits per heavy atom. The summed E-state index contributed by atoms with van der Waals surface area (Å²) in [7, 11) is 0. The van der Waals surface area contributed by atoms with Gasteiger partial charge in [-0.15, -0.1) is 0 Å². The molecule has 6 heteroatoms. The van der Waals surface area contributed by atoms with Crippen LogP contribution < -0.4 is 4.89 Å². The van der Waals surface area contributed by atoms with E-state index in [-0.39, 0.29) is 11.4 Å². The van der Waals surface area contributed by atoms with Gasteiger partial charge in [0.15, 0.2) is 5.75 Å². The molecule has 0 aromatic heterocycles. The van der Waals surface area contributed by atoms with Crippen molar-refractivity contribution >= 4 is 11.7 Å². The topological polar surface area (TPSA) is 78.7 Å². The van der Waals surface area contributed by atoms with E-state index in [9.17, 15) is 14.9 Å². The van der Waals surface area contributed by atoms with Crippen LogP contribution in [0.3, 0.4) is 0 Å². The van der Waals surface area contributed by atoms with Crippen LogP contribution in [0.15, 0.2) is 48.5 Å². The van der Waals surface area contributed by atoms with Crippen LogP contribution in [-0.2, 0) is 4.89 Å². The van der Waals surface area contributed by atoms with Crippen molar-refractivity contribution in [2.24, 2.45) is 0 Å². The smallest absolute Gasteiger partial charge is 0.287 e. The van der Waals surface area contributed by atoms with E-state index < -0.39 is 10.9 Å². The van der Waals surface area contributed by atoms with Gasteiger partial charge in [0.05, 0.1) is 10.5 Å². The van der Waals surface area contributed by atoms with Gasteiger partial charge in [-0.05, 0) is 30.7 Å². The molecule has 0 aliphatic carbocycles. The molecule has 0 unspecified atom stereocenters. The van der Waals surface area contributed by atoms with Gasteiger partial charge in [0, 0.05) is 12.1 Å². The molecule has 0 spiro atoms. The van der Waals surface area contributed by atoms with Crippen LogP contribution in [0.1, 0.15) is 15.9 Å². The normalized spacial score (nSPS) is 9.85. The summed E-state index contributed by atoms with van der Waals surface area (Å²) in [5.74, 6) is -0.418. The van der Waals surface area contributed by atoms with Crippen LogP contribution >= 0.6 is 0 Å². The number of rotatable bonds is 4. The molecule has 0 N–H and O–H groups in total. The lowest BCUT2D eigenvalue weighted by atomic mass is 10.1. The fourth-order valence-corrected chi connectivity index (χ4v) is 1.56. The molecule has 0 saturated carbocycles. The monoisotopic (exact) mass is 273 g/mol. The highest BCUT2D eigenvalue weighted by atomic mass is 17.2. The first-order valence-corrected chi connectivity index (χ1v) is 5.77. The van der Waals surface area contributed by atoms with Gasteiger partial charge in [-0.2, -0.15) is 0 Å². The molecule has 0 fully saturated rings. The van der Waals surface area contributed by atoms with E-state index in [0.29, 0.717) is 5.56 Å². The minimum Gasteiger partial charge on any atom is -0.287 e. The molecule has 0 bridgehead atoms. The average Bonchev–Trinajstić information content (AvgIpc) is 2.45. The summed E-state index contributed by atoms with van der Waals surface area (Å²) in [6.07, 6.45) is 0. The van der Waals surface area contributed by atoms with Gasteiger partial charge in [0.25, 0.3) is 5.69 Å². The molecule has 0 heterocycles. The van der Waals surface area contributed by atoms with Gasteiger partial charge in [-0.3, -0.25) is 15.0 Å². The number of nitro benzene ring substituents is 1. The molecule has 0 amide bonds. The zero-order chi connectivity index (χ0) is 14.5. The molecule has 2 aromatic carbocycles. The summed E-state index contributed by atoms with van der Waals surface area (Å²) in [6, 6.07) is 12.2. The molecular weight excluding hydrogens is 262 g/mol. The second kappa shape index (κ2) is 5.83. The Balaban J connectivity index is 2.00. The molecule has 0 aliphatic rings. The third kappa shape index (κ3) is 3.11. The minimum absolute atomic E-state index is 0.0671. The fraction of sp³-hybridized carbons (Fsp3) is 0.0714. The number of aryl methyl sites for hydroxylation is 1. The summed E-state index contributed by atoms with van der Waals surface area (Å²) in [5, 5.41) is 10.5. The summed E-state index contributed by atoms with van der Waals surface area (Å²) in [6.45, 7) is 1.78. The van der Waals surface area contributed by atoms with Crippen LogP contribution in [0.4, 0.5) is 5.69 Å². The second-order valence-corrected chi connectivity index (χ2v) is 4.02. The molecule has 2 aromatic rings. The fourth-order valence-electron chi connectivity index (χ4n) is 1.56. The number of carbonyl (C=O) groups is 1. The Morgan fingerprint density at radius 2 is 1.75 bits per heavy atom. The molecule has 6 nitrogen and oxygen atoms in total. The number of nitro groups is 1. The molecule has 0 radical (unpaired) electrons. The zero-order valence-electron chi connectivity index (χ0n) is 10.6. The maximum absolute atomic E-state index is 11.8.